The molecule has 1 fully saturated rings. The molecule has 1 heterocycles. The van der Waals surface area contributed by atoms with Crippen molar-refractivity contribution in [3.8, 4) is 0 Å². The van der Waals surface area contributed by atoms with Gasteiger partial charge in [0.25, 0.3) is 0 Å². The fourth-order valence-corrected chi connectivity index (χ4v) is 1.52. The average molecular weight is 197 g/mol. The molecular formula is C10H19N3O. The Morgan fingerprint density at radius 2 is 2.14 bits per heavy atom. The molecule has 1 unspecified atom stereocenters. The number of aliphatic imine (C=N–C) groups is 1. The van der Waals surface area contributed by atoms with Gasteiger partial charge in [-0.3, -0.25) is 15.1 Å². The minimum absolute atomic E-state index is 0.0631. The lowest BCUT2D eigenvalue weighted by atomic mass is 10.1. The van der Waals surface area contributed by atoms with Crippen molar-refractivity contribution in [1.29, 1.82) is 0 Å². The van der Waals surface area contributed by atoms with E-state index in [4.69, 9.17) is 0 Å². The van der Waals surface area contributed by atoms with Crippen LogP contribution in [0.3, 0.4) is 0 Å². The smallest absolute Gasteiger partial charge is 0.249 e. The van der Waals surface area contributed by atoms with Gasteiger partial charge in [-0.05, 0) is 13.3 Å². The molecule has 1 rings (SSSR count). The zero-order valence-electron chi connectivity index (χ0n) is 8.97. The van der Waals surface area contributed by atoms with Crippen molar-refractivity contribution in [2.75, 3.05) is 6.54 Å². The van der Waals surface area contributed by atoms with E-state index in [0.717, 1.165) is 12.8 Å². The molecule has 14 heavy (non-hydrogen) atoms. The highest BCUT2D eigenvalue weighted by Crippen LogP contribution is 2.06. The highest BCUT2D eigenvalue weighted by atomic mass is 16.2. The topological polar surface area (TPSA) is 53.5 Å². The summed E-state index contributed by atoms with van der Waals surface area (Å²) in [4.78, 5) is 15.5. The molecule has 1 atom stereocenters. The van der Waals surface area contributed by atoms with Crippen molar-refractivity contribution in [1.82, 2.24) is 10.6 Å². The summed E-state index contributed by atoms with van der Waals surface area (Å²) in [5.74, 6) is 0.701. The van der Waals surface area contributed by atoms with Crippen molar-refractivity contribution in [2.45, 2.75) is 45.6 Å². The fourth-order valence-electron chi connectivity index (χ4n) is 1.52. The van der Waals surface area contributed by atoms with Gasteiger partial charge in [-0.15, -0.1) is 0 Å². The summed E-state index contributed by atoms with van der Waals surface area (Å²) in [5.41, 5.74) is 0. The Hall–Kier alpha value is -1.06. The van der Waals surface area contributed by atoms with Gasteiger partial charge in [0.2, 0.25) is 5.91 Å². The van der Waals surface area contributed by atoms with E-state index in [0.29, 0.717) is 12.5 Å². The second-order valence-electron chi connectivity index (χ2n) is 3.50. The van der Waals surface area contributed by atoms with E-state index in [-0.39, 0.29) is 11.9 Å². The number of nitrogens with one attached hydrogen (secondary N) is 2. The Balaban J connectivity index is 2.33. The minimum atomic E-state index is -0.0631. The van der Waals surface area contributed by atoms with E-state index in [9.17, 15) is 4.79 Å². The molecule has 0 bridgehead atoms. The molecule has 1 aliphatic heterocycles. The zero-order valence-corrected chi connectivity index (χ0v) is 8.97. The summed E-state index contributed by atoms with van der Waals surface area (Å²) < 4.78 is 0. The fraction of sp³-hybridized carbons (Fsp3) is 0.800. The van der Waals surface area contributed by atoms with Gasteiger partial charge in [0, 0.05) is 6.54 Å². The molecule has 4 nitrogen and oxygen atoms in total. The molecule has 0 aromatic heterocycles. The van der Waals surface area contributed by atoms with Gasteiger partial charge < -0.3 is 5.32 Å². The number of amides is 1. The number of hydrogen-bond acceptors (Lipinski definition) is 2. The summed E-state index contributed by atoms with van der Waals surface area (Å²) in [6.45, 7) is 4.81. The summed E-state index contributed by atoms with van der Waals surface area (Å²) >= 11 is 0. The van der Waals surface area contributed by atoms with Crippen LogP contribution < -0.4 is 10.6 Å². The maximum Gasteiger partial charge on any atom is 0.249 e. The van der Waals surface area contributed by atoms with E-state index >= 15 is 0 Å². The summed E-state index contributed by atoms with van der Waals surface area (Å²) in [7, 11) is 0. The number of rotatable bonds is 5. The van der Waals surface area contributed by atoms with Crippen molar-refractivity contribution in [2.24, 2.45) is 4.99 Å². The maximum atomic E-state index is 11.4. The molecule has 1 amide bonds. The van der Waals surface area contributed by atoms with Crippen LogP contribution in [0.5, 0.6) is 0 Å². The second-order valence-corrected chi connectivity index (χ2v) is 3.50. The van der Waals surface area contributed by atoms with Crippen LogP contribution >= 0.6 is 0 Å². The molecule has 0 aromatic rings. The third kappa shape index (κ3) is 3.01. The van der Waals surface area contributed by atoms with E-state index in [2.05, 4.69) is 22.5 Å². The van der Waals surface area contributed by atoms with Crippen LogP contribution in [0.4, 0.5) is 0 Å². The maximum absolute atomic E-state index is 11.4. The standard InChI is InChI=1S/C10H19N3O/c1-3-5-6-7-8-9(14)13-10(12-8)11-4-2/h8H,3-7H2,1-2H3,(H2,11,12,13,14). The van der Waals surface area contributed by atoms with Gasteiger partial charge in [-0.2, -0.15) is 0 Å². The van der Waals surface area contributed by atoms with E-state index in [1.165, 1.54) is 12.8 Å². The van der Waals surface area contributed by atoms with Gasteiger partial charge in [-0.25, -0.2) is 0 Å². The largest absolute Gasteiger partial charge is 0.344 e. The van der Waals surface area contributed by atoms with Gasteiger partial charge in [0.1, 0.15) is 6.04 Å². The molecule has 80 valence electrons. The van der Waals surface area contributed by atoms with Crippen LogP contribution in [0.2, 0.25) is 0 Å². The average Bonchev–Trinajstić information content (AvgIpc) is 2.48. The molecule has 0 saturated carbocycles. The van der Waals surface area contributed by atoms with Crippen LogP contribution in [0.1, 0.15) is 39.5 Å². The van der Waals surface area contributed by atoms with Crippen LogP contribution in [-0.2, 0) is 4.79 Å². The van der Waals surface area contributed by atoms with Crippen molar-refractivity contribution >= 4 is 11.9 Å². The first kappa shape index (κ1) is 11.0. The Bertz CT molecular complexity index is 225. The first-order chi connectivity index (χ1) is 6.77. The first-order valence-corrected chi connectivity index (χ1v) is 5.39. The quantitative estimate of drug-likeness (QED) is 0.647. The minimum Gasteiger partial charge on any atom is -0.344 e. The first-order valence-electron chi connectivity index (χ1n) is 5.39. The molecule has 0 aliphatic carbocycles. The highest BCUT2D eigenvalue weighted by Gasteiger charge is 2.26. The Morgan fingerprint density at radius 1 is 1.36 bits per heavy atom. The van der Waals surface area contributed by atoms with E-state index in [1.807, 2.05) is 6.92 Å². The van der Waals surface area contributed by atoms with Gasteiger partial charge >= 0.3 is 0 Å². The Kier molecular flexibility index (Phi) is 4.43. The lowest BCUT2D eigenvalue weighted by Crippen LogP contribution is -2.29. The predicted molar refractivity (Wildman–Crippen MR) is 57.2 cm³/mol. The predicted octanol–water partition coefficient (Wildman–Crippen LogP) is 1.03. The van der Waals surface area contributed by atoms with Gasteiger partial charge in [0.15, 0.2) is 5.96 Å². The van der Waals surface area contributed by atoms with Crippen molar-refractivity contribution < 1.29 is 4.79 Å². The Labute approximate surface area is 85.2 Å². The van der Waals surface area contributed by atoms with Crippen LogP contribution in [0, 0.1) is 0 Å². The zero-order chi connectivity index (χ0) is 10.4. The third-order valence-corrected chi connectivity index (χ3v) is 2.28. The summed E-state index contributed by atoms with van der Waals surface area (Å²) in [6.07, 6.45) is 4.37. The second kappa shape index (κ2) is 5.62. The SMILES string of the molecule is CCCCCC1NC(=NCC)NC1=O. The van der Waals surface area contributed by atoms with Crippen LogP contribution in [0.15, 0.2) is 4.99 Å². The molecule has 4 heteroatoms. The van der Waals surface area contributed by atoms with E-state index in [1.54, 1.807) is 0 Å². The monoisotopic (exact) mass is 197 g/mol. The molecule has 0 aromatic carbocycles. The number of hydrogen-bond donors (Lipinski definition) is 2. The number of unbranched alkanes of at least 4 members (excludes halogenated alkanes) is 2. The van der Waals surface area contributed by atoms with Crippen LogP contribution in [-0.4, -0.2) is 24.5 Å². The number of carbonyl (C=O) groups excluding carboxylic acids is 1. The third-order valence-electron chi connectivity index (χ3n) is 2.28. The summed E-state index contributed by atoms with van der Waals surface area (Å²) in [6, 6.07) is -0.0631. The highest BCUT2D eigenvalue weighted by molar-refractivity contribution is 6.06. The number of guanidine groups is 1. The molecule has 1 aliphatic rings. The normalized spacial score (nSPS) is 23.7. The van der Waals surface area contributed by atoms with Gasteiger partial charge in [0.05, 0.1) is 0 Å². The number of nitrogens with zero attached hydrogens (tertiary/aromatic N) is 1. The van der Waals surface area contributed by atoms with Crippen LogP contribution in [0.25, 0.3) is 0 Å². The number of carbonyl (C=O) groups is 1. The lowest BCUT2D eigenvalue weighted by molar-refractivity contribution is -0.120. The molecular weight excluding hydrogens is 178 g/mol. The van der Waals surface area contributed by atoms with Crippen molar-refractivity contribution in [3.05, 3.63) is 0 Å². The molecule has 0 radical (unpaired) electrons. The molecule has 1 saturated heterocycles. The molecule has 0 spiro atoms. The molecule has 2 N–H and O–H groups in total. The lowest BCUT2D eigenvalue weighted by Gasteiger charge is -2.05. The van der Waals surface area contributed by atoms with E-state index < -0.39 is 0 Å². The Morgan fingerprint density at radius 3 is 2.79 bits per heavy atom. The van der Waals surface area contributed by atoms with Gasteiger partial charge in [-0.1, -0.05) is 26.2 Å². The van der Waals surface area contributed by atoms with Crippen molar-refractivity contribution in [3.63, 3.8) is 0 Å². The summed E-state index contributed by atoms with van der Waals surface area (Å²) in [5, 5.41) is 5.82.